The molecule has 0 unspecified atom stereocenters. The van der Waals surface area contributed by atoms with Gasteiger partial charge in [-0.25, -0.2) is 0 Å². The number of carbonyl (C=O) groups excluding carboxylic acids is 2. The Hall–Kier alpha value is -1.89. The van der Waals surface area contributed by atoms with Crippen LogP contribution in [-0.4, -0.2) is 52.2 Å². The van der Waals surface area contributed by atoms with E-state index in [-0.39, 0.29) is 18.4 Å². The van der Waals surface area contributed by atoms with Crippen LogP contribution in [0.5, 0.6) is 0 Å². The highest BCUT2D eigenvalue weighted by Gasteiger charge is 2.24. The molecule has 1 saturated carbocycles. The molecule has 0 radical (unpaired) electrons. The summed E-state index contributed by atoms with van der Waals surface area (Å²) >= 11 is 0. The third-order valence-corrected chi connectivity index (χ3v) is 5.39. The summed E-state index contributed by atoms with van der Waals surface area (Å²) in [6, 6.07) is 0.293. The maximum atomic E-state index is 12.6. The molecule has 0 bridgehead atoms. The molecule has 2 amide bonds. The van der Waals surface area contributed by atoms with E-state index in [2.05, 4.69) is 10.4 Å². The van der Waals surface area contributed by atoms with Gasteiger partial charge in [-0.2, -0.15) is 5.10 Å². The van der Waals surface area contributed by atoms with Gasteiger partial charge in [-0.15, -0.1) is 0 Å². The van der Waals surface area contributed by atoms with Gasteiger partial charge >= 0.3 is 0 Å². The maximum Gasteiger partial charge on any atom is 0.257 e. The summed E-state index contributed by atoms with van der Waals surface area (Å²) in [5.74, 6) is 0.488. The molecule has 1 saturated heterocycles. The van der Waals surface area contributed by atoms with Crippen molar-refractivity contribution in [3.8, 4) is 0 Å². The lowest BCUT2D eigenvalue weighted by Crippen LogP contribution is -2.40. The fourth-order valence-corrected chi connectivity index (χ4v) is 3.78. The minimum absolute atomic E-state index is 0.00518. The molecule has 2 aliphatic rings. The molecule has 0 atom stereocenters. The average Bonchev–Trinajstić information content (AvgIpc) is 3.10. The Balaban J connectivity index is 1.49. The Kier molecular flexibility index (Phi) is 6.07. The van der Waals surface area contributed by atoms with Crippen LogP contribution in [0.25, 0.3) is 0 Å². The normalized spacial score (nSPS) is 19.8. The van der Waals surface area contributed by atoms with Crippen LogP contribution in [0.2, 0.25) is 0 Å². The van der Waals surface area contributed by atoms with Gasteiger partial charge in [-0.05, 0) is 38.1 Å². The number of hydrogen-bond donors (Lipinski definition) is 2. The number of likely N-dealkylation sites (tertiary alicyclic amines) is 1. The molecular weight excluding hydrogens is 318 g/mol. The van der Waals surface area contributed by atoms with Crippen molar-refractivity contribution in [1.82, 2.24) is 20.0 Å². The monoisotopic (exact) mass is 347 g/mol. The summed E-state index contributed by atoms with van der Waals surface area (Å²) in [5.41, 5.74) is 6.25. The predicted molar refractivity (Wildman–Crippen MR) is 94.9 cm³/mol. The van der Waals surface area contributed by atoms with Crippen molar-refractivity contribution in [2.75, 3.05) is 19.6 Å². The predicted octanol–water partition coefficient (Wildman–Crippen LogP) is 1.14. The van der Waals surface area contributed by atoms with Gasteiger partial charge in [0.1, 0.15) is 6.54 Å². The van der Waals surface area contributed by atoms with Crippen LogP contribution in [0.15, 0.2) is 12.4 Å². The largest absolute Gasteiger partial charge is 0.352 e. The van der Waals surface area contributed by atoms with Crippen LogP contribution in [-0.2, 0) is 11.3 Å². The Morgan fingerprint density at radius 2 is 1.88 bits per heavy atom. The fourth-order valence-electron chi connectivity index (χ4n) is 3.78. The van der Waals surface area contributed by atoms with Crippen LogP contribution < -0.4 is 11.1 Å². The molecule has 1 aromatic rings. The zero-order chi connectivity index (χ0) is 17.6. The van der Waals surface area contributed by atoms with Gasteiger partial charge in [0.2, 0.25) is 5.91 Å². The minimum Gasteiger partial charge on any atom is -0.352 e. The van der Waals surface area contributed by atoms with Gasteiger partial charge in [-0.3, -0.25) is 14.3 Å². The third-order valence-electron chi connectivity index (χ3n) is 5.39. The smallest absolute Gasteiger partial charge is 0.257 e. The molecule has 1 aromatic heterocycles. The van der Waals surface area contributed by atoms with Gasteiger partial charge in [0, 0.05) is 25.3 Å². The summed E-state index contributed by atoms with van der Waals surface area (Å²) in [5, 5.41) is 7.26. The van der Waals surface area contributed by atoms with E-state index in [1.54, 1.807) is 17.1 Å². The minimum atomic E-state index is -0.0299. The number of nitrogens with two attached hydrogens (primary N) is 1. The molecule has 7 heteroatoms. The van der Waals surface area contributed by atoms with E-state index in [0.29, 0.717) is 24.1 Å². The fraction of sp³-hybridized carbons (Fsp3) is 0.722. The van der Waals surface area contributed by atoms with Crippen molar-refractivity contribution >= 4 is 11.8 Å². The first-order valence-electron chi connectivity index (χ1n) is 9.47. The van der Waals surface area contributed by atoms with E-state index in [9.17, 15) is 9.59 Å². The Labute approximate surface area is 148 Å². The van der Waals surface area contributed by atoms with Crippen molar-refractivity contribution in [1.29, 1.82) is 0 Å². The molecule has 2 fully saturated rings. The molecule has 138 valence electrons. The van der Waals surface area contributed by atoms with Crippen molar-refractivity contribution in [3.63, 3.8) is 0 Å². The molecule has 3 N–H and O–H groups in total. The molecule has 7 nitrogen and oxygen atoms in total. The number of amides is 2. The lowest BCUT2D eigenvalue weighted by Gasteiger charge is -2.31. The molecule has 1 aliphatic heterocycles. The van der Waals surface area contributed by atoms with Crippen LogP contribution in [0.1, 0.15) is 55.3 Å². The van der Waals surface area contributed by atoms with E-state index in [1.807, 2.05) is 4.90 Å². The summed E-state index contributed by atoms with van der Waals surface area (Å²) in [6.45, 7) is 2.34. The highest BCUT2D eigenvalue weighted by molar-refractivity contribution is 5.93. The van der Waals surface area contributed by atoms with Crippen LogP contribution in [0.4, 0.5) is 0 Å². The van der Waals surface area contributed by atoms with E-state index >= 15 is 0 Å². The number of rotatable bonds is 5. The number of nitrogens with zero attached hydrogens (tertiary/aromatic N) is 3. The van der Waals surface area contributed by atoms with Crippen LogP contribution in [0, 0.1) is 5.92 Å². The standard InChI is InChI=1S/C18H29N5O2/c19-10-14-6-8-22(9-7-14)18(25)15-11-20-23(12-15)13-17(24)21-16-4-2-1-3-5-16/h11-12,14,16H,1-10,13,19H2,(H,21,24). The summed E-state index contributed by atoms with van der Waals surface area (Å²) in [4.78, 5) is 26.6. The summed E-state index contributed by atoms with van der Waals surface area (Å²) < 4.78 is 1.55. The first-order valence-corrected chi connectivity index (χ1v) is 9.47. The van der Waals surface area contributed by atoms with E-state index in [0.717, 1.165) is 38.8 Å². The van der Waals surface area contributed by atoms with E-state index < -0.39 is 0 Å². The zero-order valence-electron chi connectivity index (χ0n) is 14.8. The molecule has 0 aromatic carbocycles. The lowest BCUT2D eigenvalue weighted by molar-refractivity contribution is -0.122. The summed E-state index contributed by atoms with van der Waals surface area (Å²) in [7, 11) is 0. The second-order valence-corrected chi connectivity index (χ2v) is 7.30. The first-order chi connectivity index (χ1) is 12.2. The highest BCUT2D eigenvalue weighted by Crippen LogP contribution is 2.18. The topological polar surface area (TPSA) is 93.2 Å². The molecule has 25 heavy (non-hydrogen) atoms. The van der Waals surface area contributed by atoms with Crippen molar-refractivity contribution in [2.24, 2.45) is 11.7 Å². The summed E-state index contributed by atoms with van der Waals surface area (Å²) in [6.07, 6.45) is 10.9. The Bertz CT molecular complexity index is 586. The lowest BCUT2D eigenvalue weighted by atomic mass is 9.95. The Morgan fingerprint density at radius 1 is 1.16 bits per heavy atom. The van der Waals surface area contributed by atoms with Crippen molar-refractivity contribution in [2.45, 2.75) is 57.5 Å². The van der Waals surface area contributed by atoms with Crippen molar-refractivity contribution in [3.05, 3.63) is 18.0 Å². The SMILES string of the molecule is NCC1CCN(C(=O)c2cnn(CC(=O)NC3CCCCC3)c2)CC1. The quantitative estimate of drug-likeness (QED) is 0.835. The van der Waals surface area contributed by atoms with Gasteiger partial charge < -0.3 is 16.0 Å². The Morgan fingerprint density at radius 3 is 2.56 bits per heavy atom. The number of piperidine rings is 1. The molecule has 1 aliphatic carbocycles. The number of carbonyl (C=O) groups is 2. The van der Waals surface area contributed by atoms with Gasteiger partial charge in [0.15, 0.2) is 0 Å². The first kappa shape index (κ1) is 17.9. The van der Waals surface area contributed by atoms with Gasteiger partial charge in [-0.1, -0.05) is 19.3 Å². The molecule has 3 rings (SSSR count). The van der Waals surface area contributed by atoms with Gasteiger partial charge in [0.05, 0.1) is 11.8 Å². The second kappa shape index (κ2) is 8.47. The van der Waals surface area contributed by atoms with E-state index in [4.69, 9.17) is 5.73 Å². The second-order valence-electron chi connectivity index (χ2n) is 7.30. The van der Waals surface area contributed by atoms with Crippen LogP contribution >= 0.6 is 0 Å². The van der Waals surface area contributed by atoms with Gasteiger partial charge in [0.25, 0.3) is 5.91 Å². The number of hydrogen-bond acceptors (Lipinski definition) is 4. The molecule has 0 spiro atoms. The molecule has 2 heterocycles. The maximum absolute atomic E-state index is 12.6. The zero-order valence-corrected chi connectivity index (χ0v) is 14.8. The number of aromatic nitrogens is 2. The average molecular weight is 347 g/mol. The molecular formula is C18H29N5O2. The van der Waals surface area contributed by atoms with Crippen molar-refractivity contribution < 1.29 is 9.59 Å². The number of nitrogens with one attached hydrogen (secondary N) is 1. The third kappa shape index (κ3) is 4.81. The van der Waals surface area contributed by atoms with Crippen LogP contribution in [0.3, 0.4) is 0 Å². The highest BCUT2D eigenvalue weighted by atomic mass is 16.2. The van der Waals surface area contributed by atoms with E-state index in [1.165, 1.54) is 19.3 Å².